The Labute approximate surface area is 214 Å². The van der Waals surface area contributed by atoms with E-state index in [0.717, 1.165) is 11.1 Å². The summed E-state index contributed by atoms with van der Waals surface area (Å²) in [6, 6.07) is 8.81. The summed E-state index contributed by atoms with van der Waals surface area (Å²) >= 11 is 0. The van der Waals surface area contributed by atoms with Gasteiger partial charge in [0.1, 0.15) is 30.5 Å². The summed E-state index contributed by atoms with van der Waals surface area (Å²) in [6.07, 6.45) is -6.42. The van der Waals surface area contributed by atoms with Crippen LogP contribution in [0.15, 0.2) is 30.3 Å². The first-order valence-corrected chi connectivity index (χ1v) is 12.1. The molecule has 7 atom stereocenters. The van der Waals surface area contributed by atoms with Gasteiger partial charge in [-0.25, -0.2) is 0 Å². The van der Waals surface area contributed by atoms with Gasteiger partial charge in [-0.15, -0.1) is 0 Å². The van der Waals surface area contributed by atoms with Gasteiger partial charge in [-0.05, 0) is 42.2 Å². The van der Waals surface area contributed by atoms with Crippen molar-refractivity contribution in [2.45, 2.75) is 55.6 Å². The van der Waals surface area contributed by atoms with Gasteiger partial charge in [0.2, 0.25) is 6.29 Å². The lowest BCUT2D eigenvalue weighted by molar-refractivity contribution is -0.277. The van der Waals surface area contributed by atoms with Crippen LogP contribution in [0.3, 0.4) is 0 Å². The lowest BCUT2D eigenvalue weighted by Gasteiger charge is -2.39. The molecule has 2 aliphatic heterocycles. The van der Waals surface area contributed by atoms with Crippen molar-refractivity contribution in [3.63, 3.8) is 0 Å². The first-order chi connectivity index (χ1) is 17.9. The van der Waals surface area contributed by atoms with Gasteiger partial charge in [0, 0.05) is 12.2 Å². The second kappa shape index (κ2) is 11.8. The van der Waals surface area contributed by atoms with E-state index in [-0.39, 0.29) is 30.6 Å². The van der Waals surface area contributed by atoms with Crippen LogP contribution >= 0.6 is 0 Å². The highest BCUT2D eigenvalue weighted by Gasteiger charge is 2.45. The Morgan fingerprint density at radius 1 is 0.838 bits per heavy atom. The number of aliphatic hydroxyl groups excluding tert-OH is 6. The van der Waals surface area contributed by atoms with Crippen molar-refractivity contribution in [1.29, 1.82) is 0 Å². The highest BCUT2D eigenvalue weighted by Crippen LogP contribution is 2.51. The molecule has 2 unspecified atom stereocenters. The molecular weight excluding hydrogens is 488 g/mol. The molecule has 1 fully saturated rings. The summed E-state index contributed by atoms with van der Waals surface area (Å²) in [4.78, 5) is 0. The van der Waals surface area contributed by atoms with Gasteiger partial charge in [0.25, 0.3) is 0 Å². The molecule has 204 valence electrons. The number of benzene rings is 2. The summed E-state index contributed by atoms with van der Waals surface area (Å²) in [7, 11) is 2.98. The number of rotatable bonds is 10. The lowest BCUT2D eigenvalue weighted by atomic mass is 9.90. The van der Waals surface area contributed by atoms with Crippen molar-refractivity contribution in [2.75, 3.05) is 34.0 Å². The van der Waals surface area contributed by atoms with E-state index in [4.69, 9.17) is 23.7 Å². The van der Waals surface area contributed by atoms with Crippen LogP contribution in [0.25, 0.3) is 0 Å². The molecule has 2 aromatic rings. The van der Waals surface area contributed by atoms with Crippen LogP contribution in [0.4, 0.5) is 0 Å². The molecule has 0 radical (unpaired) electrons. The van der Waals surface area contributed by atoms with E-state index >= 15 is 0 Å². The molecule has 0 saturated carbocycles. The Kier molecular flexibility index (Phi) is 8.75. The summed E-state index contributed by atoms with van der Waals surface area (Å²) in [5.74, 6) is 1.16. The van der Waals surface area contributed by atoms with Gasteiger partial charge in [0.05, 0.1) is 33.4 Å². The molecule has 11 nitrogen and oxygen atoms in total. The van der Waals surface area contributed by atoms with Crippen molar-refractivity contribution < 1.29 is 54.3 Å². The zero-order valence-electron chi connectivity index (χ0n) is 20.7. The fourth-order valence-electron chi connectivity index (χ4n) is 4.78. The standard InChI is InChI=1S/C26H34O11/c1-33-18-10-14(5-6-17(18)35-26-23(32)22(31)21(30)20(12-29)36-26)24-16(11-28)15-8-13(4-3-7-27)9-19(34-2)25(15)37-24/h5-6,8-10,16,20-24,26-32H,3-4,7,11-12H2,1-2H3/t16?,20-,21-,22+,23-,24?,26-/m1/s1. The lowest BCUT2D eigenvalue weighted by Crippen LogP contribution is -2.60. The van der Waals surface area contributed by atoms with E-state index in [9.17, 15) is 30.6 Å². The number of aryl methyl sites for hydroxylation is 1. The molecule has 0 spiro atoms. The molecular formula is C26H34O11. The van der Waals surface area contributed by atoms with E-state index in [1.807, 2.05) is 12.1 Å². The second-order valence-electron chi connectivity index (χ2n) is 9.10. The molecule has 6 N–H and O–H groups in total. The van der Waals surface area contributed by atoms with Gasteiger partial charge in [-0.2, -0.15) is 0 Å². The second-order valence-corrected chi connectivity index (χ2v) is 9.10. The minimum absolute atomic E-state index is 0.0687. The van der Waals surface area contributed by atoms with E-state index in [1.165, 1.54) is 7.11 Å². The largest absolute Gasteiger partial charge is 0.493 e. The third-order valence-electron chi connectivity index (χ3n) is 6.80. The quantitative estimate of drug-likeness (QED) is 0.249. The zero-order chi connectivity index (χ0) is 26.7. The van der Waals surface area contributed by atoms with E-state index < -0.39 is 43.4 Å². The maximum absolute atomic E-state index is 10.3. The van der Waals surface area contributed by atoms with Crippen molar-refractivity contribution in [1.82, 2.24) is 0 Å². The van der Waals surface area contributed by atoms with Gasteiger partial charge in [-0.3, -0.25) is 0 Å². The fraction of sp³-hybridized carbons (Fsp3) is 0.538. The van der Waals surface area contributed by atoms with Crippen LogP contribution in [-0.4, -0.2) is 95.4 Å². The SMILES string of the molecule is COc1cc(C2Oc3c(OC)cc(CCCO)cc3C2CO)ccc1O[C@@H]1O[C@H](CO)[C@@H](O)[C@H](O)[C@H]1O. The van der Waals surface area contributed by atoms with Crippen molar-refractivity contribution in [3.05, 3.63) is 47.0 Å². The predicted molar refractivity (Wildman–Crippen MR) is 129 cm³/mol. The molecule has 0 amide bonds. The summed E-state index contributed by atoms with van der Waals surface area (Å²) < 4.78 is 28.5. The Balaban J connectivity index is 1.60. The Morgan fingerprint density at radius 3 is 2.24 bits per heavy atom. The van der Waals surface area contributed by atoms with Crippen molar-refractivity contribution in [2.24, 2.45) is 0 Å². The van der Waals surface area contributed by atoms with Crippen LogP contribution in [0.5, 0.6) is 23.0 Å². The third-order valence-corrected chi connectivity index (χ3v) is 6.80. The van der Waals surface area contributed by atoms with Crippen LogP contribution in [-0.2, 0) is 11.2 Å². The van der Waals surface area contributed by atoms with Gasteiger partial charge >= 0.3 is 0 Å². The van der Waals surface area contributed by atoms with Crippen LogP contribution in [0, 0.1) is 0 Å². The molecule has 4 rings (SSSR count). The van der Waals surface area contributed by atoms with Crippen molar-refractivity contribution >= 4 is 0 Å². The first kappa shape index (κ1) is 27.4. The highest BCUT2D eigenvalue weighted by atomic mass is 16.7. The first-order valence-electron chi connectivity index (χ1n) is 12.1. The Bertz CT molecular complexity index is 1060. The van der Waals surface area contributed by atoms with Gasteiger partial charge < -0.3 is 54.3 Å². The molecule has 11 heteroatoms. The third kappa shape index (κ3) is 5.34. The normalized spacial score (nSPS) is 28.9. The van der Waals surface area contributed by atoms with Crippen LogP contribution < -0.4 is 18.9 Å². The van der Waals surface area contributed by atoms with Crippen LogP contribution in [0.2, 0.25) is 0 Å². The molecule has 1 saturated heterocycles. The van der Waals surface area contributed by atoms with Gasteiger partial charge in [0.15, 0.2) is 23.0 Å². The summed E-state index contributed by atoms with van der Waals surface area (Å²) in [6.45, 7) is -0.691. The number of ether oxygens (including phenoxy) is 5. The molecule has 2 heterocycles. The van der Waals surface area contributed by atoms with Crippen molar-refractivity contribution in [3.8, 4) is 23.0 Å². The number of methoxy groups -OCH3 is 2. The minimum atomic E-state index is -1.57. The predicted octanol–water partition coefficient (Wildman–Crippen LogP) is 0.0170. The van der Waals surface area contributed by atoms with Crippen LogP contribution in [0.1, 0.15) is 35.1 Å². The molecule has 2 aromatic carbocycles. The van der Waals surface area contributed by atoms with Gasteiger partial charge in [-0.1, -0.05) is 12.1 Å². The van der Waals surface area contributed by atoms with E-state index in [1.54, 1.807) is 25.3 Å². The number of hydrogen-bond acceptors (Lipinski definition) is 11. The molecule has 2 aliphatic rings. The fourth-order valence-corrected chi connectivity index (χ4v) is 4.78. The number of hydrogen-bond donors (Lipinski definition) is 6. The topological polar surface area (TPSA) is 168 Å². The zero-order valence-corrected chi connectivity index (χ0v) is 20.7. The Hall–Kier alpha value is -2.64. The molecule has 37 heavy (non-hydrogen) atoms. The Morgan fingerprint density at radius 2 is 1.59 bits per heavy atom. The molecule has 0 aromatic heterocycles. The maximum atomic E-state index is 10.3. The number of fused-ring (bicyclic) bond motifs is 1. The van der Waals surface area contributed by atoms with E-state index in [2.05, 4.69) is 0 Å². The smallest absolute Gasteiger partial charge is 0.229 e. The minimum Gasteiger partial charge on any atom is -0.493 e. The average Bonchev–Trinajstić information content (AvgIpc) is 3.30. The summed E-state index contributed by atoms with van der Waals surface area (Å²) in [5.41, 5.74) is 2.46. The van der Waals surface area contributed by atoms with E-state index in [0.29, 0.717) is 29.9 Å². The maximum Gasteiger partial charge on any atom is 0.229 e. The average molecular weight is 523 g/mol. The molecule has 0 bridgehead atoms. The summed E-state index contributed by atoms with van der Waals surface area (Å²) in [5, 5.41) is 59.2. The monoisotopic (exact) mass is 522 g/mol. The molecule has 0 aliphatic carbocycles. The number of aliphatic hydroxyl groups is 6. The highest BCUT2D eigenvalue weighted by molar-refractivity contribution is 5.56.